The van der Waals surface area contributed by atoms with E-state index < -0.39 is 222 Å². The van der Waals surface area contributed by atoms with Crippen LogP contribution in [0.3, 0.4) is 0 Å². The lowest BCUT2D eigenvalue weighted by Crippen LogP contribution is -2.48. The number of aliphatic carboxylic acids is 4. The number of hydrogen-bond acceptors (Lipinski definition) is 37. The number of hydrogen-bond donors (Lipinski definition) is 24. The van der Waals surface area contributed by atoms with Crippen LogP contribution >= 0.6 is 90.1 Å². The minimum Gasteiger partial charge on any atom is -0.481 e. The number of nitrogens with one attached hydrogen (secondary N) is 9. The van der Waals surface area contributed by atoms with E-state index in [1.165, 1.54) is 43.2 Å². The van der Waals surface area contributed by atoms with Gasteiger partial charge in [0.05, 0.1) is 57.4 Å². The number of carboxylic acids is 4. The van der Waals surface area contributed by atoms with Crippen LogP contribution in [-0.2, 0) is 116 Å². The van der Waals surface area contributed by atoms with Crippen LogP contribution in [0.15, 0.2) is 80.1 Å². The highest BCUT2D eigenvalue weighted by molar-refractivity contribution is 8.77. The molecule has 2 saturated heterocycles. The first-order valence-corrected chi connectivity index (χ1v) is 54.1. The Morgan fingerprint density at radius 1 is 0.486 bits per heavy atom. The Bertz CT molecular complexity index is 5620. The molecule has 0 saturated carbocycles. The second-order valence-corrected chi connectivity index (χ2v) is 43.0. The fraction of sp³-hybridized carbons (Fsp3) is 0.514. The van der Waals surface area contributed by atoms with E-state index in [-0.39, 0.29) is 113 Å². The number of amides is 7. The average Bonchev–Trinajstić information content (AvgIpc) is 1.61. The summed E-state index contributed by atoms with van der Waals surface area (Å²) in [6.07, 6.45) is -7.10. The summed E-state index contributed by atoms with van der Waals surface area (Å²) in [5.41, 5.74) is 5.55. The number of fused-ring (bicyclic) bond motifs is 3. The van der Waals surface area contributed by atoms with Crippen molar-refractivity contribution in [1.29, 1.82) is 0 Å². The standard InChI is InChI=1S/C43H53N6O23P3S2.C28H43N6O21P3S2.CH4/c50-33-20-37(70-34(33)23-69-74(64,65)72-75(66,67)71-73(61,62)63)49-21-25(39(55)48-42(49)59)9-8-17-44-35(51)15-18-76-77-24-32(40(56)45-16-7-1-2-14-36(52)46-31(41(57)58)19-38(53)54)47-43(60)68-22-30-28-12-5-3-10-26(28)27-11-4-6-13-29(27)30;29-17(26(41)31-8-3-1-2-6-22(37)32-18(27(42)43)11-24(38)39)15-60-59-10-7-21(36)30-9-4-5-16-13-34(28(44)33-25(16)40)23-12-19(35)20(53-23)14-52-57(48,49)55-58(50,51)54-56(45,46)47;/h3-6,10-13,21,30-34,37,50H,1-2,7,14-20,22-24H2,(H,44,51)(H,45,56)(H,46,52)(H,47,60)(H,53,54)(H,57,58)(H,64,65)(H,66,67)(H,48,55,59)(H2,61,62,63);13,17-20,23,35H,1-3,6-12,14-15,29H2,(H,30,36)(H,31,41)(H,32,37)(H,38,39)(H,42,43)(H,48,49)(H,50,51)(H,33,40,44)(H2,45,46,47);1H4. The van der Waals surface area contributed by atoms with E-state index in [0.717, 1.165) is 43.8 Å². The maximum atomic E-state index is 13.4. The molecule has 14 unspecified atom stereocenters. The van der Waals surface area contributed by atoms with E-state index in [2.05, 4.69) is 87.2 Å². The second kappa shape index (κ2) is 57.1. The van der Waals surface area contributed by atoms with E-state index >= 15 is 0 Å². The van der Waals surface area contributed by atoms with Crippen LogP contribution in [0.5, 0.6) is 0 Å². The lowest BCUT2D eigenvalue weighted by molar-refractivity contribution is -0.147. The Morgan fingerprint density at radius 3 is 1.28 bits per heavy atom. The first-order chi connectivity index (χ1) is 64.2. The predicted molar refractivity (Wildman–Crippen MR) is 483 cm³/mol. The summed E-state index contributed by atoms with van der Waals surface area (Å²) in [6, 6.07) is 10.5. The van der Waals surface area contributed by atoms with Gasteiger partial charge in [-0.25, -0.2) is 51.4 Å². The van der Waals surface area contributed by atoms with Crippen molar-refractivity contribution in [3.8, 4) is 34.8 Å². The van der Waals surface area contributed by atoms with Crippen LogP contribution in [0.25, 0.3) is 11.1 Å². The Balaban J connectivity index is 0.000000499. The van der Waals surface area contributed by atoms with E-state index in [9.17, 15) is 129 Å². The number of phosphoric acid groups is 6. The van der Waals surface area contributed by atoms with Crippen molar-refractivity contribution >= 4 is 156 Å². The van der Waals surface area contributed by atoms with Crippen LogP contribution < -0.4 is 65.4 Å². The van der Waals surface area contributed by atoms with Gasteiger partial charge in [-0.05, 0) is 47.9 Å². The second-order valence-electron chi connectivity index (χ2n) is 28.9. The largest absolute Gasteiger partial charge is 0.490 e. The molecule has 3 aliphatic rings. The third kappa shape index (κ3) is 44.0. The number of aromatic nitrogens is 4. The molecule has 7 rings (SSSR count). The maximum absolute atomic E-state index is 13.4. The number of unbranched alkanes of at least 4 members (excludes halogenated alkanes) is 4. The molecule has 4 heterocycles. The Kier molecular flexibility index (Phi) is 49.4. The summed E-state index contributed by atoms with van der Waals surface area (Å²) in [6.45, 7) is -2.06. The molecule has 2 aromatic carbocycles. The van der Waals surface area contributed by atoms with Gasteiger partial charge >= 0.3 is 88.3 Å². The fourth-order valence-corrected chi connectivity index (χ4v) is 22.5. The van der Waals surface area contributed by atoms with E-state index in [1.807, 2.05) is 58.5 Å². The summed E-state index contributed by atoms with van der Waals surface area (Å²) >= 11 is 0. The van der Waals surface area contributed by atoms with Crippen molar-refractivity contribution in [3.05, 3.63) is 125 Å². The number of ether oxygens (including phenoxy) is 3. The van der Waals surface area contributed by atoms with Gasteiger partial charge in [0.2, 0.25) is 35.4 Å². The molecule has 138 heavy (non-hydrogen) atoms. The van der Waals surface area contributed by atoms with Gasteiger partial charge in [0, 0.05) is 92.9 Å². The Morgan fingerprint density at radius 2 is 0.884 bits per heavy atom. The third-order valence-electron chi connectivity index (χ3n) is 18.3. The monoisotopic (exact) mass is 2150 g/mol. The highest BCUT2D eigenvalue weighted by Gasteiger charge is 2.46. The summed E-state index contributed by atoms with van der Waals surface area (Å²) < 4.78 is 110. The molecular weight excluding hydrogens is 2050 g/mol. The molecule has 2 aromatic heterocycles. The summed E-state index contributed by atoms with van der Waals surface area (Å²) in [4.78, 5) is 258. The molecule has 66 heteroatoms. The molecule has 56 nitrogen and oxygen atoms in total. The zero-order valence-electron chi connectivity index (χ0n) is 71.1. The summed E-state index contributed by atoms with van der Waals surface area (Å²) in [7, 11) is -29.0. The number of aliphatic hydroxyl groups is 2. The first-order valence-electron chi connectivity index (χ1n) is 40.0. The van der Waals surface area contributed by atoms with Gasteiger partial charge in [-0.3, -0.25) is 76.1 Å². The number of carbonyl (C=O) groups is 11. The smallest absolute Gasteiger partial charge is 0.481 e. The summed E-state index contributed by atoms with van der Waals surface area (Å²) in [5, 5.41) is 73.9. The lowest BCUT2D eigenvalue weighted by Gasteiger charge is -2.19. The number of aromatic amines is 2. The number of carboxylic acid groups (broad SMARTS) is 4. The molecule has 2 fully saturated rings. The van der Waals surface area contributed by atoms with Crippen molar-refractivity contribution in [2.45, 2.75) is 164 Å². The van der Waals surface area contributed by atoms with Crippen molar-refractivity contribution < 1.29 is 190 Å². The molecule has 14 atom stereocenters. The molecule has 0 radical (unpaired) electrons. The highest BCUT2D eigenvalue weighted by Crippen LogP contribution is 2.68. The number of alkyl carbamates (subject to hydrolysis) is 1. The normalized spacial score (nSPS) is 18.6. The minimum atomic E-state index is -5.82. The molecule has 7 amide bonds. The molecule has 2 aliphatic heterocycles. The lowest BCUT2D eigenvalue weighted by atomic mass is 9.98. The van der Waals surface area contributed by atoms with Gasteiger partial charge < -0.3 is 127 Å². The zero-order chi connectivity index (χ0) is 102. The van der Waals surface area contributed by atoms with Gasteiger partial charge in [-0.2, -0.15) is 17.2 Å². The minimum absolute atomic E-state index is 0. The molecule has 25 N–H and O–H groups in total. The molecule has 0 spiro atoms. The molecule has 4 aromatic rings. The van der Waals surface area contributed by atoms with Crippen LogP contribution in [0.4, 0.5) is 4.79 Å². The molecule has 0 bridgehead atoms. The van der Waals surface area contributed by atoms with Crippen molar-refractivity contribution in [3.63, 3.8) is 0 Å². The topological polar surface area (TPSA) is 876 Å². The third-order valence-corrected chi connectivity index (χ3v) is 30.8. The number of rotatable bonds is 55. The molecule has 766 valence electrons. The number of phosphoric ester groups is 2. The van der Waals surface area contributed by atoms with Gasteiger partial charge in [0.15, 0.2) is 0 Å². The number of benzene rings is 2. The number of nitrogens with zero attached hydrogens (tertiary/aromatic N) is 2. The van der Waals surface area contributed by atoms with Crippen molar-refractivity contribution in [1.82, 2.24) is 56.3 Å². The average molecular weight is 2150 g/mol. The van der Waals surface area contributed by atoms with E-state index in [1.54, 1.807) is 0 Å². The Hall–Kier alpha value is -9.09. The number of H-pyrrole nitrogens is 2. The van der Waals surface area contributed by atoms with Crippen molar-refractivity contribution in [2.75, 3.05) is 69.0 Å². The number of aliphatic hydroxyl groups excluding tert-OH is 2. The molecule has 1 aliphatic carbocycles. The van der Waals surface area contributed by atoms with Crippen molar-refractivity contribution in [2.24, 2.45) is 5.73 Å². The first kappa shape index (κ1) is 119. The van der Waals surface area contributed by atoms with Gasteiger partial charge in [-0.15, -0.1) is 0 Å². The Labute approximate surface area is 796 Å². The number of nitrogens with two attached hydrogens (primary N) is 1. The number of carbonyl (C=O) groups excluding carboxylic acids is 7. The zero-order valence-corrected chi connectivity index (χ0v) is 79.7. The maximum Gasteiger partial charge on any atom is 0.490 e. The molecular formula is C72H100N12O44P6S4. The van der Waals surface area contributed by atoms with Gasteiger partial charge in [0.25, 0.3) is 11.1 Å². The van der Waals surface area contributed by atoms with E-state index in [0.29, 0.717) is 44.3 Å². The quantitative estimate of drug-likeness (QED) is 0.0118. The van der Waals surface area contributed by atoms with Crippen LogP contribution in [0.1, 0.15) is 138 Å². The van der Waals surface area contributed by atoms with Gasteiger partial charge in [-0.1, -0.05) is 136 Å². The van der Waals surface area contributed by atoms with Gasteiger partial charge in [0.1, 0.15) is 60.5 Å². The van der Waals surface area contributed by atoms with E-state index in [4.69, 9.17) is 59.9 Å². The fourth-order valence-electron chi connectivity index (χ4n) is 12.1. The highest BCUT2D eigenvalue weighted by atomic mass is 33.1. The predicted octanol–water partition coefficient (Wildman–Crippen LogP) is -0.153. The van der Waals surface area contributed by atoms with Crippen LogP contribution in [-0.4, -0.2) is 272 Å². The summed E-state index contributed by atoms with van der Waals surface area (Å²) in [5.74, 6) is 1.97. The SMILES string of the molecule is C.NC(CSSCCC(=O)NCC#Cc1cn(C2CC(O)C(COP(=O)(O)OP(=O)(O)OP(=O)(O)O)O2)c(=O)[nH]c1=O)C(=O)NCCCCCC(=O)NC(CC(=O)O)C(=O)O.O=C(O)CC(NC(=O)CCCCCNC(=O)C(CSSCCC(=O)NCC#Cc1cn(C2CC(O)C(COP(=O)(O)OP(=O)(O)OP(=O)(O)O)O2)c(=O)[nH]c1=O)NC(=O)OCC1c2ccccc2-c2ccccc21)C(=O)O. The van der Waals surface area contributed by atoms with Crippen LogP contribution in [0, 0.1) is 23.7 Å². The van der Waals surface area contributed by atoms with Crippen LogP contribution in [0.2, 0.25) is 0 Å².